The minimum absolute atomic E-state index is 0.135. The van der Waals surface area contributed by atoms with Crippen LogP contribution in [0.1, 0.15) is 29.8 Å². The lowest BCUT2D eigenvalue weighted by molar-refractivity contribution is -0.122. The molecule has 1 unspecified atom stereocenters. The highest BCUT2D eigenvalue weighted by molar-refractivity contribution is 5.84. The Kier molecular flexibility index (Phi) is 5.66. The van der Waals surface area contributed by atoms with Crippen molar-refractivity contribution >= 4 is 16.7 Å². The normalized spacial score (nSPS) is 11.9. The van der Waals surface area contributed by atoms with Crippen LogP contribution in [0.4, 0.5) is 0 Å². The van der Waals surface area contributed by atoms with Gasteiger partial charge in [0.25, 0.3) is 5.56 Å². The van der Waals surface area contributed by atoms with E-state index < -0.39 is 0 Å². The van der Waals surface area contributed by atoms with E-state index in [4.69, 9.17) is 0 Å². The van der Waals surface area contributed by atoms with Gasteiger partial charge in [0.05, 0.1) is 17.1 Å². The van der Waals surface area contributed by atoms with Crippen molar-refractivity contribution in [3.63, 3.8) is 0 Å². The van der Waals surface area contributed by atoms with Gasteiger partial charge in [-0.2, -0.15) is 5.10 Å². The second kappa shape index (κ2) is 8.69. The fourth-order valence-electron chi connectivity index (χ4n) is 3.49. The average molecular weight is 398 g/mol. The molecule has 6 nitrogen and oxygen atoms in total. The molecule has 0 aliphatic heterocycles. The molecule has 0 aliphatic carbocycles. The van der Waals surface area contributed by atoms with Crippen LogP contribution in [0.2, 0.25) is 0 Å². The summed E-state index contributed by atoms with van der Waals surface area (Å²) in [5.74, 6) is -0.258. The Morgan fingerprint density at radius 1 is 0.967 bits per heavy atom. The van der Waals surface area contributed by atoms with Crippen molar-refractivity contribution in [1.82, 2.24) is 20.1 Å². The van der Waals surface area contributed by atoms with Crippen LogP contribution < -0.4 is 10.9 Å². The molecule has 0 fully saturated rings. The molecule has 150 valence electrons. The molecule has 0 bridgehead atoms. The fraction of sp³-hybridized carbons (Fsp3) is 0.167. The Morgan fingerprint density at radius 3 is 2.37 bits per heavy atom. The number of hydrogen-bond donors (Lipinski definition) is 1. The number of nitrogens with zero attached hydrogens (tertiary/aromatic N) is 3. The third-order valence-electron chi connectivity index (χ3n) is 5.04. The number of rotatable bonds is 6. The number of hydrogen-bond acceptors (Lipinski definition) is 4. The second-order valence-electron chi connectivity index (χ2n) is 7.19. The van der Waals surface area contributed by atoms with Crippen molar-refractivity contribution in [2.24, 2.45) is 0 Å². The molecular formula is C24H22N4O2. The van der Waals surface area contributed by atoms with Gasteiger partial charge in [0.15, 0.2) is 0 Å². The van der Waals surface area contributed by atoms with E-state index in [1.807, 2.05) is 67.6 Å². The van der Waals surface area contributed by atoms with Gasteiger partial charge in [0.2, 0.25) is 5.91 Å². The number of amides is 1. The standard InChI is InChI=1S/C24H22N4O2/c1-17(19-7-3-2-4-8-19)26-23(29)16-28-24(30)21-10-6-5-9-20(21)22(27-28)15-18-11-13-25-14-12-18/h2-14,17H,15-16H2,1H3,(H,26,29). The summed E-state index contributed by atoms with van der Waals surface area (Å²) in [6.45, 7) is 1.78. The molecule has 0 radical (unpaired) electrons. The molecule has 2 aromatic carbocycles. The largest absolute Gasteiger partial charge is 0.348 e. The van der Waals surface area contributed by atoms with E-state index >= 15 is 0 Å². The van der Waals surface area contributed by atoms with E-state index in [9.17, 15) is 9.59 Å². The van der Waals surface area contributed by atoms with Crippen LogP contribution in [-0.2, 0) is 17.8 Å². The van der Waals surface area contributed by atoms with Gasteiger partial charge in [-0.25, -0.2) is 4.68 Å². The first kappa shape index (κ1) is 19.5. The SMILES string of the molecule is CC(NC(=O)Cn1nc(Cc2ccncc2)c2ccccc2c1=O)c1ccccc1. The first-order valence-electron chi connectivity index (χ1n) is 9.84. The average Bonchev–Trinajstić information content (AvgIpc) is 2.78. The van der Waals surface area contributed by atoms with Gasteiger partial charge in [-0.3, -0.25) is 14.6 Å². The van der Waals surface area contributed by atoms with E-state index in [-0.39, 0.29) is 24.1 Å². The van der Waals surface area contributed by atoms with Crippen molar-refractivity contribution in [2.45, 2.75) is 25.9 Å². The minimum atomic E-state index is -0.272. The molecule has 0 saturated carbocycles. The maximum Gasteiger partial charge on any atom is 0.275 e. The lowest BCUT2D eigenvalue weighted by atomic mass is 10.1. The smallest absolute Gasteiger partial charge is 0.275 e. The van der Waals surface area contributed by atoms with Gasteiger partial charge in [0, 0.05) is 24.2 Å². The lowest BCUT2D eigenvalue weighted by Crippen LogP contribution is -2.35. The van der Waals surface area contributed by atoms with Crippen molar-refractivity contribution < 1.29 is 4.79 Å². The van der Waals surface area contributed by atoms with Crippen LogP contribution in [0, 0.1) is 0 Å². The maximum absolute atomic E-state index is 12.9. The van der Waals surface area contributed by atoms with Crippen LogP contribution in [-0.4, -0.2) is 20.7 Å². The summed E-state index contributed by atoms with van der Waals surface area (Å²) >= 11 is 0. The molecule has 4 aromatic rings. The van der Waals surface area contributed by atoms with Crippen LogP contribution >= 0.6 is 0 Å². The maximum atomic E-state index is 12.9. The van der Waals surface area contributed by atoms with E-state index in [0.717, 1.165) is 22.2 Å². The molecule has 0 spiro atoms. The number of benzene rings is 2. The van der Waals surface area contributed by atoms with E-state index in [1.54, 1.807) is 18.5 Å². The monoisotopic (exact) mass is 398 g/mol. The summed E-state index contributed by atoms with van der Waals surface area (Å²) in [6.07, 6.45) is 4.00. The molecule has 1 amide bonds. The number of aromatic nitrogens is 3. The van der Waals surface area contributed by atoms with Crippen LogP contribution in [0.15, 0.2) is 83.9 Å². The van der Waals surface area contributed by atoms with Gasteiger partial charge in [0.1, 0.15) is 6.54 Å². The Labute approximate surface area is 174 Å². The summed E-state index contributed by atoms with van der Waals surface area (Å²) in [6, 6.07) is 20.7. The van der Waals surface area contributed by atoms with E-state index in [1.165, 1.54) is 4.68 Å². The first-order valence-corrected chi connectivity index (χ1v) is 9.84. The lowest BCUT2D eigenvalue weighted by Gasteiger charge is -2.15. The third kappa shape index (κ3) is 4.27. The summed E-state index contributed by atoms with van der Waals surface area (Å²) in [5, 5.41) is 8.84. The van der Waals surface area contributed by atoms with Crippen LogP contribution in [0.3, 0.4) is 0 Å². The van der Waals surface area contributed by atoms with Gasteiger partial charge in [-0.15, -0.1) is 0 Å². The van der Waals surface area contributed by atoms with Crippen molar-refractivity contribution in [3.05, 3.63) is 106 Å². The molecule has 4 rings (SSSR count). The quantitative estimate of drug-likeness (QED) is 0.541. The Bertz CT molecular complexity index is 1220. The summed E-state index contributed by atoms with van der Waals surface area (Å²) in [4.78, 5) is 29.6. The van der Waals surface area contributed by atoms with Gasteiger partial charge >= 0.3 is 0 Å². The molecule has 2 heterocycles. The van der Waals surface area contributed by atoms with Crippen LogP contribution in [0.5, 0.6) is 0 Å². The summed E-state index contributed by atoms with van der Waals surface area (Å²) < 4.78 is 1.26. The Hall–Kier alpha value is -3.80. The number of pyridine rings is 1. The molecule has 0 aliphatic rings. The van der Waals surface area contributed by atoms with Gasteiger partial charge in [-0.1, -0.05) is 48.5 Å². The number of fused-ring (bicyclic) bond motifs is 1. The minimum Gasteiger partial charge on any atom is -0.348 e. The Morgan fingerprint density at radius 2 is 1.63 bits per heavy atom. The Balaban J connectivity index is 1.63. The second-order valence-corrected chi connectivity index (χ2v) is 7.19. The fourth-order valence-corrected chi connectivity index (χ4v) is 3.49. The zero-order chi connectivity index (χ0) is 20.9. The van der Waals surface area contributed by atoms with Crippen molar-refractivity contribution in [3.8, 4) is 0 Å². The predicted molar refractivity (Wildman–Crippen MR) is 116 cm³/mol. The van der Waals surface area contributed by atoms with Gasteiger partial charge < -0.3 is 5.32 Å². The summed E-state index contributed by atoms with van der Waals surface area (Å²) in [5.41, 5.74) is 2.52. The molecule has 0 saturated heterocycles. The van der Waals surface area contributed by atoms with Crippen molar-refractivity contribution in [2.75, 3.05) is 0 Å². The third-order valence-corrected chi connectivity index (χ3v) is 5.04. The molecular weight excluding hydrogens is 376 g/mol. The molecule has 30 heavy (non-hydrogen) atoms. The number of nitrogens with one attached hydrogen (secondary N) is 1. The van der Waals surface area contributed by atoms with Crippen molar-refractivity contribution in [1.29, 1.82) is 0 Å². The number of carbonyl (C=O) groups excluding carboxylic acids is 1. The van der Waals surface area contributed by atoms with Gasteiger partial charge in [-0.05, 0) is 36.2 Å². The first-order chi connectivity index (χ1) is 14.6. The summed E-state index contributed by atoms with van der Waals surface area (Å²) in [7, 11) is 0. The molecule has 6 heteroatoms. The predicted octanol–water partition coefficient (Wildman–Crippen LogP) is 3.26. The molecule has 2 aromatic heterocycles. The topological polar surface area (TPSA) is 76.9 Å². The highest BCUT2D eigenvalue weighted by Crippen LogP contribution is 2.17. The zero-order valence-electron chi connectivity index (χ0n) is 16.7. The van der Waals surface area contributed by atoms with Crippen LogP contribution in [0.25, 0.3) is 10.8 Å². The van der Waals surface area contributed by atoms with E-state index in [2.05, 4.69) is 15.4 Å². The molecule has 1 N–H and O–H groups in total. The highest BCUT2D eigenvalue weighted by atomic mass is 16.2. The zero-order valence-corrected chi connectivity index (χ0v) is 16.7. The highest BCUT2D eigenvalue weighted by Gasteiger charge is 2.15. The number of carbonyl (C=O) groups is 1. The van der Waals surface area contributed by atoms with E-state index in [0.29, 0.717) is 11.8 Å². The molecule has 1 atom stereocenters.